The maximum atomic E-state index is 9.91. The van der Waals surface area contributed by atoms with Crippen LogP contribution in [0, 0.1) is 13.8 Å². The number of aromatic hydroxyl groups is 1. The van der Waals surface area contributed by atoms with Crippen molar-refractivity contribution in [2.75, 3.05) is 0 Å². The number of aryl methyl sites for hydroxylation is 2. The second kappa shape index (κ2) is 3.42. The summed E-state index contributed by atoms with van der Waals surface area (Å²) < 4.78 is 0. The molecule has 0 aliphatic rings. The van der Waals surface area contributed by atoms with E-state index < -0.39 is 0 Å². The Morgan fingerprint density at radius 3 is 2.41 bits per heavy atom. The normalized spacial score (nSPS) is 11.2. The summed E-state index contributed by atoms with van der Waals surface area (Å²) in [4.78, 5) is 9.00. The van der Waals surface area contributed by atoms with Gasteiger partial charge in [0, 0.05) is 28.2 Å². The van der Waals surface area contributed by atoms with Gasteiger partial charge in [-0.3, -0.25) is 9.97 Å². The van der Waals surface area contributed by atoms with E-state index in [-0.39, 0.29) is 5.75 Å². The molecule has 0 atom stereocenters. The fraction of sp³-hybridized carbons (Fsp3) is 0.143. The highest BCUT2D eigenvalue weighted by atomic mass is 16.3. The van der Waals surface area contributed by atoms with Gasteiger partial charge in [-0.25, -0.2) is 0 Å². The molecule has 0 amide bonds. The Labute approximate surface area is 98.8 Å². The smallest absolute Gasteiger partial charge is 0.126 e. The van der Waals surface area contributed by atoms with Crippen LogP contribution < -0.4 is 0 Å². The monoisotopic (exact) mass is 224 g/mol. The van der Waals surface area contributed by atoms with E-state index in [0.29, 0.717) is 0 Å². The first-order valence-corrected chi connectivity index (χ1v) is 5.52. The Kier molecular flexibility index (Phi) is 2.01. The summed E-state index contributed by atoms with van der Waals surface area (Å²) in [5.74, 6) is 0.262. The third kappa shape index (κ3) is 1.51. The molecule has 0 spiro atoms. The highest BCUT2D eigenvalue weighted by Gasteiger charge is 2.07. The zero-order chi connectivity index (χ0) is 12.0. The van der Waals surface area contributed by atoms with Gasteiger partial charge in [0.2, 0.25) is 0 Å². The zero-order valence-electron chi connectivity index (χ0n) is 9.73. The molecule has 2 aromatic heterocycles. The molecule has 1 aromatic carbocycles. The van der Waals surface area contributed by atoms with E-state index in [9.17, 15) is 5.11 Å². The number of hydrogen-bond acceptors (Lipinski definition) is 3. The van der Waals surface area contributed by atoms with Crippen molar-refractivity contribution in [3.63, 3.8) is 0 Å². The molecule has 0 unspecified atom stereocenters. The summed E-state index contributed by atoms with van der Waals surface area (Å²) in [5, 5.41) is 11.7. The minimum absolute atomic E-state index is 0.262. The third-order valence-corrected chi connectivity index (χ3v) is 2.88. The van der Waals surface area contributed by atoms with Gasteiger partial charge in [-0.05, 0) is 26.0 Å². The fourth-order valence-corrected chi connectivity index (χ4v) is 2.08. The van der Waals surface area contributed by atoms with Crippen LogP contribution in [0.1, 0.15) is 11.4 Å². The van der Waals surface area contributed by atoms with E-state index in [1.807, 2.05) is 38.1 Å². The van der Waals surface area contributed by atoms with Crippen LogP contribution in [0.25, 0.3) is 21.8 Å². The Hall–Kier alpha value is -2.16. The molecule has 0 saturated heterocycles. The lowest BCUT2D eigenvalue weighted by atomic mass is 10.1. The largest absolute Gasteiger partial charge is 0.507 e. The van der Waals surface area contributed by atoms with Crippen molar-refractivity contribution in [1.82, 2.24) is 9.97 Å². The Bertz CT molecular complexity index is 735. The van der Waals surface area contributed by atoms with Crippen LogP contribution in [0.4, 0.5) is 0 Å². The Morgan fingerprint density at radius 2 is 1.59 bits per heavy atom. The number of nitrogens with zero attached hydrogens (tertiary/aromatic N) is 2. The number of benzene rings is 1. The zero-order valence-corrected chi connectivity index (χ0v) is 9.73. The molecule has 0 bridgehead atoms. The molecule has 3 heteroatoms. The summed E-state index contributed by atoms with van der Waals surface area (Å²) >= 11 is 0. The number of aromatic nitrogens is 2. The lowest BCUT2D eigenvalue weighted by molar-refractivity contribution is 0.480. The molecular formula is C14H12N2O. The highest BCUT2D eigenvalue weighted by Crippen LogP contribution is 2.29. The van der Waals surface area contributed by atoms with E-state index >= 15 is 0 Å². The van der Waals surface area contributed by atoms with Gasteiger partial charge >= 0.3 is 0 Å². The molecule has 0 aliphatic carbocycles. The molecule has 3 rings (SSSR count). The first kappa shape index (κ1) is 10.0. The van der Waals surface area contributed by atoms with Gasteiger partial charge in [0.15, 0.2) is 0 Å². The number of rotatable bonds is 0. The van der Waals surface area contributed by atoms with Gasteiger partial charge < -0.3 is 5.11 Å². The van der Waals surface area contributed by atoms with Crippen molar-refractivity contribution in [2.45, 2.75) is 13.8 Å². The van der Waals surface area contributed by atoms with Crippen LogP contribution in [0.2, 0.25) is 0 Å². The first-order valence-electron chi connectivity index (χ1n) is 5.52. The maximum absolute atomic E-state index is 9.91. The molecule has 0 saturated carbocycles. The van der Waals surface area contributed by atoms with E-state index in [4.69, 9.17) is 0 Å². The van der Waals surface area contributed by atoms with Crippen molar-refractivity contribution >= 4 is 21.8 Å². The number of pyridine rings is 2. The predicted octanol–water partition coefficient (Wildman–Crippen LogP) is 3.11. The van der Waals surface area contributed by atoms with Gasteiger partial charge in [-0.1, -0.05) is 12.1 Å². The van der Waals surface area contributed by atoms with Gasteiger partial charge in [0.1, 0.15) is 11.3 Å². The highest BCUT2D eigenvalue weighted by molar-refractivity contribution is 6.04. The second-order valence-corrected chi connectivity index (χ2v) is 4.27. The average Bonchev–Trinajstić information content (AvgIpc) is 2.28. The van der Waals surface area contributed by atoms with Crippen molar-refractivity contribution in [3.05, 3.63) is 41.7 Å². The van der Waals surface area contributed by atoms with E-state index in [1.165, 1.54) is 0 Å². The molecule has 0 aliphatic heterocycles. The Morgan fingerprint density at radius 1 is 0.882 bits per heavy atom. The number of hydrogen-bond donors (Lipinski definition) is 1. The SMILES string of the molecule is Cc1ccc2ccc3c(O)cc(C)nc3c2n1. The minimum Gasteiger partial charge on any atom is -0.507 e. The minimum atomic E-state index is 0.262. The van der Waals surface area contributed by atoms with Crippen molar-refractivity contribution in [1.29, 1.82) is 0 Å². The number of fused-ring (bicyclic) bond motifs is 3. The molecule has 3 aromatic rings. The molecule has 17 heavy (non-hydrogen) atoms. The summed E-state index contributed by atoms with van der Waals surface area (Å²) in [7, 11) is 0. The van der Waals surface area contributed by atoms with Crippen molar-refractivity contribution in [2.24, 2.45) is 0 Å². The fourth-order valence-electron chi connectivity index (χ4n) is 2.08. The maximum Gasteiger partial charge on any atom is 0.126 e. The summed E-state index contributed by atoms with van der Waals surface area (Å²) in [6.07, 6.45) is 0. The van der Waals surface area contributed by atoms with Crippen molar-refractivity contribution in [3.8, 4) is 5.75 Å². The third-order valence-electron chi connectivity index (χ3n) is 2.88. The summed E-state index contributed by atoms with van der Waals surface area (Å²) in [6, 6.07) is 9.52. The van der Waals surface area contributed by atoms with Crippen LogP contribution in [-0.2, 0) is 0 Å². The van der Waals surface area contributed by atoms with Crippen LogP contribution in [0.15, 0.2) is 30.3 Å². The molecule has 3 nitrogen and oxygen atoms in total. The topological polar surface area (TPSA) is 46.0 Å². The van der Waals surface area contributed by atoms with E-state index in [1.54, 1.807) is 6.07 Å². The van der Waals surface area contributed by atoms with Gasteiger partial charge in [0.05, 0.1) is 5.52 Å². The molecule has 0 fully saturated rings. The van der Waals surface area contributed by atoms with Crippen molar-refractivity contribution < 1.29 is 5.11 Å². The predicted molar refractivity (Wildman–Crippen MR) is 68.2 cm³/mol. The molecule has 2 heterocycles. The van der Waals surface area contributed by atoms with Crippen LogP contribution >= 0.6 is 0 Å². The van der Waals surface area contributed by atoms with Gasteiger partial charge in [0.25, 0.3) is 0 Å². The first-order chi connectivity index (χ1) is 8.15. The lowest BCUT2D eigenvalue weighted by Crippen LogP contribution is -1.89. The van der Waals surface area contributed by atoms with Crippen LogP contribution in [0.3, 0.4) is 0 Å². The lowest BCUT2D eigenvalue weighted by Gasteiger charge is -2.06. The molecule has 1 N–H and O–H groups in total. The molecule has 0 radical (unpaired) electrons. The van der Waals surface area contributed by atoms with Gasteiger partial charge in [-0.15, -0.1) is 0 Å². The van der Waals surface area contributed by atoms with E-state index in [0.717, 1.165) is 33.2 Å². The molecular weight excluding hydrogens is 212 g/mol. The quantitative estimate of drug-likeness (QED) is 0.597. The van der Waals surface area contributed by atoms with Crippen LogP contribution in [-0.4, -0.2) is 15.1 Å². The summed E-state index contributed by atoms with van der Waals surface area (Å²) in [5.41, 5.74) is 3.36. The van der Waals surface area contributed by atoms with E-state index in [2.05, 4.69) is 9.97 Å². The second-order valence-electron chi connectivity index (χ2n) is 4.27. The van der Waals surface area contributed by atoms with Gasteiger partial charge in [-0.2, -0.15) is 0 Å². The van der Waals surface area contributed by atoms with Crippen LogP contribution in [0.5, 0.6) is 5.75 Å². The standard InChI is InChI=1S/C14H12N2O/c1-8-3-4-10-5-6-11-12(17)7-9(2)16-14(11)13(10)15-8/h3-7H,1-2H3,(H,16,17). The molecule has 84 valence electrons. The summed E-state index contributed by atoms with van der Waals surface area (Å²) in [6.45, 7) is 3.82. The average molecular weight is 224 g/mol. The Balaban J connectivity index is 2.58.